The van der Waals surface area contributed by atoms with E-state index >= 15 is 0 Å². The summed E-state index contributed by atoms with van der Waals surface area (Å²) in [5, 5.41) is 5.14. The number of fused-ring (bicyclic) bond motifs is 10. The molecule has 0 unspecified atom stereocenters. The fourth-order valence-electron chi connectivity index (χ4n) is 13.0. The molecule has 79 heavy (non-hydrogen) atoms. The lowest BCUT2D eigenvalue weighted by molar-refractivity contribution is 0.590. The Morgan fingerprint density at radius 2 is 0.519 bits per heavy atom. The van der Waals surface area contributed by atoms with Crippen molar-refractivity contribution >= 4 is 101 Å². The van der Waals surface area contributed by atoms with Gasteiger partial charge in [-0.1, -0.05) is 189 Å². The highest BCUT2D eigenvalue weighted by Crippen LogP contribution is 2.50. The summed E-state index contributed by atoms with van der Waals surface area (Å²) < 4.78 is 5.10. The third-order valence-electron chi connectivity index (χ3n) is 17.5. The van der Waals surface area contributed by atoms with Gasteiger partial charge in [0, 0.05) is 44.3 Å². The summed E-state index contributed by atoms with van der Waals surface area (Å²) in [6.07, 6.45) is 0. The summed E-state index contributed by atoms with van der Waals surface area (Å²) in [5.41, 5.74) is 24.6. The van der Waals surface area contributed by atoms with Crippen LogP contribution >= 0.6 is 0 Å². The van der Waals surface area contributed by atoms with Gasteiger partial charge in [0.05, 0.1) is 44.8 Å². The van der Waals surface area contributed by atoms with E-state index in [1.165, 1.54) is 111 Å². The van der Waals surface area contributed by atoms with Crippen LogP contribution in [-0.4, -0.2) is 15.8 Å². The molecular formula is C74H75BN4. The maximum absolute atomic E-state index is 2.62. The van der Waals surface area contributed by atoms with Crippen LogP contribution in [0.1, 0.15) is 132 Å². The minimum atomic E-state index is -0.184. The van der Waals surface area contributed by atoms with Crippen LogP contribution in [0.4, 0.5) is 34.1 Å². The van der Waals surface area contributed by atoms with Crippen molar-refractivity contribution in [3.63, 3.8) is 0 Å². The quantitative estimate of drug-likeness (QED) is 0.163. The molecule has 0 N–H and O–H groups in total. The van der Waals surface area contributed by atoms with Gasteiger partial charge >= 0.3 is 0 Å². The molecule has 9 aromatic carbocycles. The van der Waals surface area contributed by atoms with Gasteiger partial charge in [-0.2, -0.15) is 0 Å². The van der Waals surface area contributed by atoms with Crippen molar-refractivity contribution in [2.24, 2.45) is 0 Å². The number of anilines is 6. The zero-order valence-electron chi connectivity index (χ0n) is 49.2. The van der Waals surface area contributed by atoms with Crippen LogP contribution in [-0.2, 0) is 27.1 Å². The van der Waals surface area contributed by atoms with Crippen molar-refractivity contribution in [2.45, 2.75) is 131 Å². The van der Waals surface area contributed by atoms with E-state index < -0.39 is 0 Å². The topological polar surface area (TPSA) is 16.3 Å². The van der Waals surface area contributed by atoms with Gasteiger partial charge in [0.2, 0.25) is 0 Å². The molecule has 0 bridgehead atoms. The van der Waals surface area contributed by atoms with Crippen LogP contribution in [0.15, 0.2) is 182 Å². The van der Waals surface area contributed by atoms with Gasteiger partial charge in [0.15, 0.2) is 0 Å². The van der Waals surface area contributed by atoms with Gasteiger partial charge in [-0.25, -0.2) is 0 Å². The van der Waals surface area contributed by atoms with Crippen molar-refractivity contribution in [1.82, 2.24) is 9.13 Å². The molecule has 4 nitrogen and oxygen atoms in total. The van der Waals surface area contributed by atoms with E-state index in [2.05, 4.69) is 305 Å². The minimum Gasteiger partial charge on any atom is -0.309 e. The van der Waals surface area contributed by atoms with E-state index in [0.29, 0.717) is 0 Å². The largest absolute Gasteiger partial charge is 0.309 e. The lowest BCUT2D eigenvalue weighted by Gasteiger charge is -2.45. The molecule has 2 aliphatic rings. The molecular weight excluding hydrogens is 956 g/mol. The average Bonchev–Trinajstić information content (AvgIpc) is 4.06. The SMILES string of the molecule is CC(C)(C)c1cc2c3c(c1)N(c1ccccc1-n1c4ccc(C(C)(C)C)cc4c4cc(C(C)(C)C)ccc41)c1ccccc1B3c1ccccc1N2c1ccccc1-n1c2ccc(C(C)(C)C)cc2c2cc(C(C)(C)C)ccc21. The molecule has 0 radical (unpaired) electrons. The summed E-state index contributed by atoms with van der Waals surface area (Å²) in [5.74, 6) is 0. The number of rotatable bonds is 4. The molecule has 2 aromatic heterocycles. The monoisotopic (exact) mass is 1030 g/mol. The first-order chi connectivity index (χ1) is 37.4. The van der Waals surface area contributed by atoms with Crippen LogP contribution < -0.4 is 26.2 Å². The second-order valence-corrected chi connectivity index (χ2v) is 28.0. The zero-order valence-corrected chi connectivity index (χ0v) is 49.2. The number of aromatic nitrogens is 2. The van der Waals surface area contributed by atoms with Crippen LogP contribution in [0.5, 0.6) is 0 Å². The normalized spacial score (nSPS) is 13.9. The van der Waals surface area contributed by atoms with Crippen LogP contribution in [0.25, 0.3) is 55.0 Å². The van der Waals surface area contributed by atoms with Crippen molar-refractivity contribution in [3.05, 3.63) is 210 Å². The molecule has 4 heterocycles. The van der Waals surface area contributed by atoms with Crippen molar-refractivity contribution in [1.29, 1.82) is 0 Å². The van der Waals surface area contributed by atoms with Gasteiger partial charge in [-0.05, 0) is 168 Å². The second-order valence-electron chi connectivity index (χ2n) is 28.0. The highest BCUT2D eigenvalue weighted by atomic mass is 15.2. The predicted octanol–water partition coefficient (Wildman–Crippen LogP) is 18.5. The first-order valence-electron chi connectivity index (χ1n) is 28.7. The first-order valence-corrected chi connectivity index (χ1v) is 28.7. The summed E-state index contributed by atoms with van der Waals surface area (Å²) >= 11 is 0. The van der Waals surface area contributed by atoms with Crippen molar-refractivity contribution in [3.8, 4) is 11.4 Å². The zero-order chi connectivity index (χ0) is 55.5. The molecule has 13 rings (SSSR count). The smallest absolute Gasteiger partial charge is 0.252 e. The Balaban J connectivity index is 1.10. The highest BCUT2D eigenvalue weighted by molar-refractivity contribution is 7.00. The maximum Gasteiger partial charge on any atom is 0.252 e. The summed E-state index contributed by atoms with van der Waals surface area (Å²) in [7, 11) is 0. The van der Waals surface area contributed by atoms with E-state index in [0.717, 1.165) is 22.7 Å². The van der Waals surface area contributed by atoms with Gasteiger partial charge in [0.25, 0.3) is 6.71 Å². The molecule has 0 fully saturated rings. The van der Waals surface area contributed by atoms with Crippen LogP contribution in [0.2, 0.25) is 0 Å². The van der Waals surface area contributed by atoms with Gasteiger partial charge < -0.3 is 18.9 Å². The molecule has 2 aliphatic heterocycles. The standard InChI is InChI=1S/C74H75BN4/c1-70(2,3)46-32-36-57-51(40-46)52-41-47(71(4,5)6)33-37-58(52)76(57)63-28-20-22-30-65(63)78-61-26-18-16-24-55(61)75-56-25-17-19-27-62(56)79(68-45-50(74(13,14)15)44-67(78)69(68)75)66-31-23-21-29-64(66)77-59-38-34-48(72(7,8)9)42-53(59)54-43-49(73(10,11)12)35-39-60(54)77/h16-45H,1-15H3. The lowest BCUT2D eigenvalue weighted by atomic mass is 9.33. The van der Waals surface area contributed by atoms with E-state index in [-0.39, 0.29) is 33.8 Å². The number of nitrogens with zero attached hydrogens (tertiary/aromatic N) is 4. The third-order valence-corrected chi connectivity index (χ3v) is 17.5. The van der Waals surface area contributed by atoms with Crippen molar-refractivity contribution < 1.29 is 0 Å². The van der Waals surface area contributed by atoms with E-state index in [9.17, 15) is 0 Å². The van der Waals surface area contributed by atoms with Crippen molar-refractivity contribution in [2.75, 3.05) is 9.80 Å². The van der Waals surface area contributed by atoms with Gasteiger partial charge in [-0.3, -0.25) is 0 Å². The van der Waals surface area contributed by atoms with Crippen LogP contribution in [0.3, 0.4) is 0 Å². The summed E-state index contributed by atoms with van der Waals surface area (Å²) in [4.78, 5) is 5.23. The molecule has 0 saturated carbocycles. The Morgan fingerprint density at radius 3 is 0.810 bits per heavy atom. The predicted molar refractivity (Wildman–Crippen MR) is 343 cm³/mol. The highest BCUT2D eigenvalue weighted by Gasteiger charge is 2.45. The Morgan fingerprint density at radius 1 is 0.253 bits per heavy atom. The molecule has 0 amide bonds. The van der Waals surface area contributed by atoms with Crippen LogP contribution in [0, 0.1) is 0 Å². The number of hydrogen-bond acceptors (Lipinski definition) is 2. The lowest BCUT2D eigenvalue weighted by Crippen LogP contribution is -2.61. The maximum atomic E-state index is 2.62. The molecule has 394 valence electrons. The fourth-order valence-corrected chi connectivity index (χ4v) is 13.0. The van der Waals surface area contributed by atoms with E-state index in [1.54, 1.807) is 0 Å². The Hall–Kier alpha value is -7.76. The molecule has 5 heteroatoms. The average molecular weight is 1030 g/mol. The van der Waals surface area contributed by atoms with E-state index in [1.807, 2.05) is 0 Å². The Labute approximate surface area is 469 Å². The molecule has 0 aliphatic carbocycles. The van der Waals surface area contributed by atoms with Gasteiger partial charge in [0.1, 0.15) is 0 Å². The first kappa shape index (κ1) is 50.7. The number of para-hydroxylation sites is 6. The minimum absolute atomic E-state index is 0.00382. The number of hydrogen-bond donors (Lipinski definition) is 0. The summed E-state index contributed by atoms with van der Waals surface area (Å²) in [6.45, 7) is 35.0. The Bertz CT molecular complexity index is 3890. The third kappa shape index (κ3) is 8.00. The van der Waals surface area contributed by atoms with Gasteiger partial charge in [-0.15, -0.1) is 0 Å². The number of benzene rings is 9. The fraction of sp³-hybridized carbons (Fsp3) is 0.270. The summed E-state index contributed by atoms with van der Waals surface area (Å²) in [6, 6.07) is 70.6. The molecule has 0 spiro atoms. The second kappa shape index (κ2) is 17.4. The molecule has 0 atom stereocenters. The Kier molecular flexibility index (Phi) is 11.2. The van der Waals surface area contributed by atoms with E-state index in [4.69, 9.17) is 0 Å². The molecule has 0 saturated heterocycles. The molecule has 11 aromatic rings.